The molecule has 20 heavy (non-hydrogen) atoms. The minimum atomic E-state index is 0.578. The smallest absolute Gasteiger partial charge is 0.148 e. The summed E-state index contributed by atoms with van der Waals surface area (Å²) in [5.41, 5.74) is 9.56. The number of nitrogen functional groups attached to an aromatic ring is 1. The summed E-state index contributed by atoms with van der Waals surface area (Å²) >= 11 is 0. The maximum Gasteiger partial charge on any atom is 0.148 e. The summed E-state index contributed by atoms with van der Waals surface area (Å²) in [7, 11) is 1.68. The lowest BCUT2D eigenvalue weighted by Gasteiger charge is -2.07. The number of nitrogens with two attached hydrogens (primary N) is 1. The molecule has 0 aliphatic rings. The Kier molecular flexibility index (Phi) is 4.66. The van der Waals surface area contributed by atoms with Gasteiger partial charge >= 0.3 is 0 Å². The van der Waals surface area contributed by atoms with E-state index >= 15 is 0 Å². The molecule has 0 saturated carbocycles. The second-order valence-electron chi connectivity index (χ2n) is 5.51. The highest BCUT2D eigenvalue weighted by molar-refractivity contribution is 5.42. The molecule has 1 aromatic heterocycles. The molecule has 0 spiro atoms. The van der Waals surface area contributed by atoms with Crippen LogP contribution in [0.2, 0.25) is 0 Å². The minimum Gasteiger partial charge on any atom is -0.497 e. The number of methoxy groups -OCH3 is 1. The Labute approximate surface area is 120 Å². The van der Waals surface area contributed by atoms with Gasteiger partial charge in [-0.25, -0.2) is 0 Å². The van der Waals surface area contributed by atoms with E-state index in [4.69, 9.17) is 10.5 Å². The number of aryl methyl sites for hydroxylation is 2. The van der Waals surface area contributed by atoms with Crippen LogP contribution in [0, 0.1) is 5.92 Å². The summed E-state index contributed by atoms with van der Waals surface area (Å²) in [6.07, 6.45) is 2.87. The van der Waals surface area contributed by atoms with Crippen LogP contribution in [0.4, 0.5) is 5.82 Å². The van der Waals surface area contributed by atoms with Crippen molar-refractivity contribution in [2.45, 2.75) is 33.1 Å². The van der Waals surface area contributed by atoms with Crippen molar-refractivity contribution in [2.24, 2.45) is 5.92 Å². The first-order valence-corrected chi connectivity index (χ1v) is 7.04. The van der Waals surface area contributed by atoms with Gasteiger partial charge in [-0.2, -0.15) is 5.10 Å². The molecule has 0 aliphatic carbocycles. The molecular formula is C16H23N3O. The zero-order valence-electron chi connectivity index (χ0n) is 12.4. The van der Waals surface area contributed by atoms with Crippen LogP contribution in [0.15, 0.2) is 24.3 Å². The highest BCUT2D eigenvalue weighted by atomic mass is 16.5. The van der Waals surface area contributed by atoms with E-state index < -0.39 is 0 Å². The van der Waals surface area contributed by atoms with Gasteiger partial charge in [0.15, 0.2) is 0 Å². The van der Waals surface area contributed by atoms with Crippen LogP contribution in [0.25, 0.3) is 0 Å². The molecule has 2 rings (SSSR count). The van der Waals surface area contributed by atoms with Crippen LogP contribution in [0.1, 0.15) is 30.7 Å². The molecule has 1 heterocycles. The van der Waals surface area contributed by atoms with Gasteiger partial charge in [0.1, 0.15) is 11.6 Å². The van der Waals surface area contributed by atoms with Crippen molar-refractivity contribution in [3.63, 3.8) is 0 Å². The van der Waals surface area contributed by atoms with Gasteiger partial charge in [0.25, 0.3) is 0 Å². The van der Waals surface area contributed by atoms with Crippen molar-refractivity contribution in [1.82, 2.24) is 10.2 Å². The van der Waals surface area contributed by atoms with Crippen LogP contribution < -0.4 is 10.5 Å². The molecule has 0 fully saturated rings. The zero-order chi connectivity index (χ0) is 14.5. The number of nitrogens with one attached hydrogen (secondary N) is 1. The molecule has 0 saturated heterocycles. The standard InChI is InChI=1S/C16H23N3O/c1-11(2)10-14-15(18-19-16(14)17)9-6-12-4-7-13(20-3)8-5-12/h4-5,7-8,11H,6,9-10H2,1-3H3,(H3,17,18,19). The fraction of sp³-hybridized carbons (Fsp3) is 0.438. The first kappa shape index (κ1) is 14.4. The Morgan fingerprint density at radius 1 is 1.20 bits per heavy atom. The number of hydrogen-bond acceptors (Lipinski definition) is 3. The van der Waals surface area contributed by atoms with Gasteiger partial charge in [-0.05, 0) is 42.9 Å². The number of H-pyrrole nitrogens is 1. The first-order valence-electron chi connectivity index (χ1n) is 7.04. The molecule has 4 nitrogen and oxygen atoms in total. The normalized spacial score (nSPS) is 11.0. The Morgan fingerprint density at radius 3 is 2.50 bits per heavy atom. The summed E-state index contributed by atoms with van der Waals surface area (Å²) in [6, 6.07) is 8.18. The van der Waals surface area contributed by atoms with Crippen molar-refractivity contribution in [3.8, 4) is 5.75 Å². The van der Waals surface area contributed by atoms with Crippen LogP contribution >= 0.6 is 0 Å². The van der Waals surface area contributed by atoms with Crippen molar-refractivity contribution >= 4 is 5.82 Å². The number of rotatable bonds is 6. The second-order valence-corrected chi connectivity index (χ2v) is 5.51. The molecule has 1 aromatic carbocycles. The Morgan fingerprint density at radius 2 is 1.90 bits per heavy atom. The average Bonchev–Trinajstić information content (AvgIpc) is 2.78. The van der Waals surface area contributed by atoms with E-state index in [1.54, 1.807) is 7.11 Å². The quantitative estimate of drug-likeness (QED) is 0.850. The molecule has 0 radical (unpaired) electrons. The maximum absolute atomic E-state index is 5.94. The SMILES string of the molecule is COc1ccc(CCc2[nH]nc(N)c2CC(C)C)cc1. The molecule has 0 bridgehead atoms. The van der Waals surface area contributed by atoms with Crippen LogP contribution in [-0.4, -0.2) is 17.3 Å². The molecule has 4 heteroatoms. The van der Waals surface area contributed by atoms with Crippen LogP contribution in [0.5, 0.6) is 5.75 Å². The topological polar surface area (TPSA) is 63.9 Å². The summed E-state index contributed by atoms with van der Waals surface area (Å²) < 4.78 is 5.17. The van der Waals surface area contributed by atoms with E-state index in [0.29, 0.717) is 11.7 Å². The lowest BCUT2D eigenvalue weighted by molar-refractivity contribution is 0.414. The van der Waals surface area contributed by atoms with E-state index in [-0.39, 0.29) is 0 Å². The van der Waals surface area contributed by atoms with E-state index in [1.165, 1.54) is 11.1 Å². The Hall–Kier alpha value is -1.97. The predicted molar refractivity (Wildman–Crippen MR) is 81.9 cm³/mol. The first-order chi connectivity index (χ1) is 9.60. The third-order valence-electron chi connectivity index (χ3n) is 3.42. The highest BCUT2D eigenvalue weighted by Crippen LogP contribution is 2.20. The van der Waals surface area contributed by atoms with E-state index in [9.17, 15) is 0 Å². The fourth-order valence-electron chi connectivity index (χ4n) is 2.32. The van der Waals surface area contributed by atoms with E-state index in [0.717, 1.165) is 30.7 Å². The number of nitrogens with zero attached hydrogens (tertiary/aromatic N) is 1. The lowest BCUT2D eigenvalue weighted by Crippen LogP contribution is -2.02. The summed E-state index contributed by atoms with van der Waals surface area (Å²) in [4.78, 5) is 0. The number of hydrogen-bond donors (Lipinski definition) is 2. The number of aromatic nitrogens is 2. The maximum atomic E-state index is 5.94. The third kappa shape index (κ3) is 3.53. The van der Waals surface area contributed by atoms with Gasteiger partial charge in [0.05, 0.1) is 7.11 Å². The summed E-state index contributed by atoms with van der Waals surface area (Å²) in [5.74, 6) is 2.11. The predicted octanol–water partition coefficient (Wildman–Crippen LogP) is 2.98. The van der Waals surface area contributed by atoms with Gasteiger partial charge in [-0.15, -0.1) is 0 Å². The molecule has 0 aliphatic heterocycles. The number of anilines is 1. The zero-order valence-corrected chi connectivity index (χ0v) is 12.4. The lowest BCUT2D eigenvalue weighted by atomic mass is 9.99. The highest BCUT2D eigenvalue weighted by Gasteiger charge is 2.12. The van der Waals surface area contributed by atoms with Gasteiger partial charge in [0.2, 0.25) is 0 Å². The van der Waals surface area contributed by atoms with Gasteiger partial charge in [-0.1, -0.05) is 26.0 Å². The fourth-order valence-corrected chi connectivity index (χ4v) is 2.32. The molecule has 0 atom stereocenters. The summed E-state index contributed by atoms with van der Waals surface area (Å²) in [5, 5.41) is 7.21. The van der Waals surface area contributed by atoms with Crippen molar-refractivity contribution < 1.29 is 4.74 Å². The van der Waals surface area contributed by atoms with Crippen molar-refractivity contribution in [2.75, 3.05) is 12.8 Å². The number of aromatic amines is 1. The molecule has 108 valence electrons. The Bertz CT molecular complexity index is 543. The minimum absolute atomic E-state index is 0.578. The summed E-state index contributed by atoms with van der Waals surface area (Å²) in [6.45, 7) is 4.39. The van der Waals surface area contributed by atoms with E-state index in [2.05, 4.69) is 36.2 Å². The number of ether oxygens (including phenoxy) is 1. The van der Waals surface area contributed by atoms with Gasteiger partial charge in [-0.3, -0.25) is 5.10 Å². The van der Waals surface area contributed by atoms with Gasteiger partial charge < -0.3 is 10.5 Å². The van der Waals surface area contributed by atoms with Crippen LogP contribution in [-0.2, 0) is 19.3 Å². The molecule has 0 unspecified atom stereocenters. The molecular weight excluding hydrogens is 250 g/mol. The molecule has 3 N–H and O–H groups in total. The van der Waals surface area contributed by atoms with E-state index in [1.807, 2.05) is 12.1 Å². The third-order valence-corrected chi connectivity index (χ3v) is 3.42. The monoisotopic (exact) mass is 273 g/mol. The molecule has 2 aromatic rings. The largest absolute Gasteiger partial charge is 0.497 e. The van der Waals surface area contributed by atoms with Crippen molar-refractivity contribution in [1.29, 1.82) is 0 Å². The second kappa shape index (κ2) is 6.46. The Balaban J connectivity index is 2.02. The average molecular weight is 273 g/mol. The molecule has 0 amide bonds. The van der Waals surface area contributed by atoms with Crippen LogP contribution in [0.3, 0.4) is 0 Å². The van der Waals surface area contributed by atoms with Gasteiger partial charge in [0, 0.05) is 11.3 Å². The van der Waals surface area contributed by atoms with Crippen molar-refractivity contribution in [3.05, 3.63) is 41.1 Å². The number of benzene rings is 1.